The molecule has 1 unspecified atom stereocenters. The molecule has 1 fully saturated rings. The van der Waals surface area contributed by atoms with E-state index < -0.39 is 7.92 Å². The lowest BCUT2D eigenvalue weighted by Crippen LogP contribution is -2.44. The molecule has 192 valence electrons. The van der Waals surface area contributed by atoms with Crippen molar-refractivity contribution in [3.8, 4) is 45.3 Å². The topological polar surface area (TPSA) is 36.9 Å². The molecule has 0 spiro atoms. The van der Waals surface area contributed by atoms with Gasteiger partial charge in [-0.1, -0.05) is 65.9 Å². The fraction of sp³-hybridized carbons (Fsp3) is 0.419. The number of rotatable bonds is 7. The Kier molecular flexibility index (Phi) is 7.57. The van der Waals surface area contributed by atoms with Crippen molar-refractivity contribution >= 4 is 13.2 Å². The van der Waals surface area contributed by atoms with Gasteiger partial charge in [-0.3, -0.25) is 0 Å². The molecule has 4 rings (SSSR count). The molecular formula is C31H39O4P. The van der Waals surface area contributed by atoms with E-state index in [1.54, 1.807) is 28.4 Å². The van der Waals surface area contributed by atoms with Crippen molar-refractivity contribution < 1.29 is 18.9 Å². The van der Waals surface area contributed by atoms with Crippen LogP contribution >= 0.6 is 7.92 Å². The molecular weight excluding hydrogens is 467 g/mol. The smallest absolute Gasteiger partial charge is 0.130 e. The van der Waals surface area contributed by atoms with Crippen LogP contribution in [0.3, 0.4) is 0 Å². The first-order chi connectivity index (χ1) is 17.2. The molecule has 5 heteroatoms. The normalized spacial score (nSPS) is 18.4. The zero-order valence-electron chi connectivity index (χ0n) is 22.9. The Morgan fingerprint density at radius 2 is 1.00 bits per heavy atom. The molecule has 0 radical (unpaired) electrons. The van der Waals surface area contributed by atoms with Gasteiger partial charge in [0.15, 0.2) is 0 Å². The quantitative estimate of drug-likeness (QED) is 0.307. The van der Waals surface area contributed by atoms with Crippen LogP contribution in [0.4, 0.5) is 0 Å². The Morgan fingerprint density at radius 3 is 1.39 bits per heavy atom. The van der Waals surface area contributed by atoms with E-state index in [0.717, 1.165) is 45.3 Å². The largest absolute Gasteiger partial charge is 0.496 e. The summed E-state index contributed by atoms with van der Waals surface area (Å²) < 4.78 is 23.6. The highest BCUT2D eigenvalue weighted by Crippen LogP contribution is 2.65. The lowest BCUT2D eigenvalue weighted by atomic mass is 9.76. The average molecular weight is 507 g/mol. The maximum atomic E-state index is 5.89. The standard InChI is InChI=1S/C31H39O4P/c1-30(2)19-12-20-36(31(30,3)4)29-21(27-23(32-5)15-10-16-24(27)33-6)13-9-14-22(29)28-25(34-7)17-11-18-26(28)35-8/h9-11,13-18H,12,19-20H2,1-8H3. The summed E-state index contributed by atoms with van der Waals surface area (Å²) in [6, 6.07) is 18.6. The summed E-state index contributed by atoms with van der Waals surface area (Å²) in [6.07, 6.45) is 3.61. The second-order valence-corrected chi connectivity index (χ2v) is 13.3. The van der Waals surface area contributed by atoms with Crippen LogP contribution in [0.1, 0.15) is 40.5 Å². The van der Waals surface area contributed by atoms with Crippen molar-refractivity contribution in [1.82, 2.24) is 0 Å². The zero-order chi connectivity index (χ0) is 26.1. The fourth-order valence-corrected chi connectivity index (χ4v) is 9.11. The van der Waals surface area contributed by atoms with Gasteiger partial charge < -0.3 is 18.9 Å². The SMILES string of the molecule is COc1cccc(OC)c1-c1cccc(-c2c(OC)cccc2OC)c1P1CCCC(C)(C)C1(C)C. The molecule has 0 aliphatic carbocycles. The third-order valence-electron chi connectivity index (χ3n) is 8.21. The first-order valence-corrected chi connectivity index (χ1v) is 14.1. The van der Waals surface area contributed by atoms with E-state index in [4.69, 9.17) is 18.9 Å². The lowest BCUT2D eigenvalue weighted by Gasteiger charge is -2.52. The monoisotopic (exact) mass is 506 g/mol. The number of ether oxygens (including phenoxy) is 4. The molecule has 1 heterocycles. The van der Waals surface area contributed by atoms with Gasteiger partial charge in [-0.2, -0.15) is 0 Å². The van der Waals surface area contributed by atoms with Gasteiger partial charge in [-0.25, -0.2) is 0 Å². The highest BCUT2D eigenvalue weighted by molar-refractivity contribution is 7.67. The van der Waals surface area contributed by atoms with Crippen molar-refractivity contribution in [2.24, 2.45) is 5.41 Å². The fourth-order valence-electron chi connectivity index (χ4n) is 5.49. The third-order valence-corrected chi connectivity index (χ3v) is 12.0. The van der Waals surface area contributed by atoms with Crippen LogP contribution in [-0.2, 0) is 0 Å². The van der Waals surface area contributed by atoms with E-state index in [0.29, 0.717) is 0 Å². The van der Waals surface area contributed by atoms with Crippen LogP contribution in [-0.4, -0.2) is 39.8 Å². The minimum atomic E-state index is -0.579. The molecule has 36 heavy (non-hydrogen) atoms. The molecule has 1 aliphatic rings. The van der Waals surface area contributed by atoms with Crippen LogP contribution in [0.15, 0.2) is 54.6 Å². The second kappa shape index (κ2) is 10.3. The molecule has 1 saturated heterocycles. The molecule has 0 aromatic heterocycles. The van der Waals surface area contributed by atoms with Crippen molar-refractivity contribution in [2.75, 3.05) is 34.6 Å². The van der Waals surface area contributed by atoms with Gasteiger partial charge >= 0.3 is 0 Å². The van der Waals surface area contributed by atoms with Gasteiger partial charge in [0.05, 0.1) is 39.6 Å². The minimum absolute atomic E-state index is 0.107. The second-order valence-electron chi connectivity index (χ2n) is 10.5. The van der Waals surface area contributed by atoms with Gasteiger partial charge in [0.1, 0.15) is 23.0 Å². The highest BCUT2D eigenvalue weighted by Gasteiger charge is 2.47. The summed E-state index contributed by atoms with van der Waals surface area (Å²) in [6.45, 7) is 9.77. The summed E-state index contributed by atoms with van der Waals surface area (Å²) in [5.41, 5.74) is 4.51. The number of hydrogen-bond acceptors (Lipinski definition) is 4. The summed E-state index contributed by atoms with van der Waals surface area (Å²) in [7, 11) is 6.33. The van der Waals surface area contributed by atoms with E-state index in [2.05, 4.69) is 45.9 Å². The van der Waals surface area contributed by atoms with Crippen molar-refractivity contribution in [3.05, 3.63) is 54.6 Å². The predicted molar refractivity (Wildman–Crippen MR) is 152 cm³/mol. The summed E-state index contributed by atoms with van der Waals surface area (Å²) in [5, 5.41) is 1.46. The molecule has 1 aliphatic heterocycles. The van der Waals surface area contributed by atoms with E-state index in [1.165, 1.54) is 24.3 Å². The maximum absolute atomic E-state index is 5.89. The molecule has 4 nitrogen and oxygen atoms in total. The molecule has 0 N–H and O–H groups in total. The van der Waals surface area contributed by atoms with Gasteiger partial charge in [-0.05, 0) is 70.3 Å². The average Bonchev–Trinajstić information content (AvgIpc) is 2.88. The molecule has 3 aromatic rings. The van der Waals surface area contributed by atoms with Crippen molar-refractivity contribution in [2.45, 2.75) is 45.7 Å². The van der Waals surface area contributed by atoms with Gasteiger partial charge in [0, 0.05) is 0 Å². The first kappa shape index (κ1) is 26.4. The molecule has 0 saturated carbocycles. The van der Waals surface area contributed by atoms with E-state index in [-0.39, 0.29) is 10.6 Å². The molecule has 0 bridgehead atoms. The summed E-state index contributed by atoms with van der Waals surface area (Å²) in [5.74, 6) is 3.24. The Hall–Kier alpha value is -2.71. The zero-order valence-corrected chi connectivity index (χ0v) is 23.8. The molecule has 3 aromatic carbocycles. The lowest BCUT2D eigenvalue weighted by molar-refractivity contribution is 0.242. The summed E-state index contributed by atoms with van der Waals surface area (Å²) in [4.78, 5) is 0. The van der Waals surface area contributed by atoms with E-state index in [1.807, 2.05) is 36.4 Å². The van der Waals surface area contributed by atoms with Crippen LogP contribution in [0.2, 0.25) is 0 Å². The number of hydrogen-bond donors (Lipinski definition) is 0. The Bertz CT molecular complexity index is 1110. The van der Waals surface area contributed by atoms with Gasteiger partial charge in [-0.15, -0.1) is 0 Å². The Labute approximate surface area is 217 Å². The van der Waals surface area contributed by atoms with Crippen molar-refractivity contribution in [3.63, 3.8) is 0 Å². The van der Waals surface area contributed by atoms with Gasteiger partial charge in [0.25, 0.3) is 0 Å². The molecule has 0 amide bonds. The first-order valence-electron chi connectivity index (χ1n) is 12.5. The molecule has 1 atom stereocenters. The van der Waals surface area contributed by atoms with Crippen LogP contribution in [0, 0.1) is 5.41 Å². The number of benzene rings is 3. The van der Waals surface area contributed by atoms with Crippen molar-refractivity contribution in [1.29, 1.82) is 0 Å². The third kappa shape index (κ3) is 4.34. The highest BCUT2D eigenvalue weighted by atomic mass is 31.1. The minimum Gasteiger partial charge on any atom is -0.496 e. The maximum Gasteiger partial charge on any atom is 0.130 e. The van der Waals surface area contributed by atoms with Crippen LogP contribution in [0.5, 0.6) is 23.0 Å². The van der Waals surface area contributed by atoms with Crippen LogP contribution < -0.4 is 24.3 Å². The Balaban J connectivity index is 2.15. The number of methoxy groups -OCH3 is 4. The van der Waals surface area contributed by atoms with Crippen LogP contribution in [0.25, 0.3) is 22.3 Å². The summed E-state index contributed by atoms with van der Waals surface area (Å²) >= 11 is 0. The van der Waals surface area contributed by atoms with E-state index in [9.17, 15) is 0 Å². The Morgan fingerprint density at radius 1 is 0.611 bits per heavy atom. The van der Waals surface area contributed by atoms with E-state index >= 15 is 0 Å². The van der Waals surface area contributed by atoms with Gasteiger partial charge in [0.2, 0.25) is 0 Å². The predicted octanol–water partition coefficient (Wildman–Crippen LogP) is 7.76.